The smallest absolute Gasteiger partial charge is 0.412 e. The number of nitrogens with zero attached hydrogens (tertiary/aromatic N) is 3. The van der Waals surface area contributed by atoms with Gasteiger partial charge >= 0.3 is 12.1 Å². The average molecular weight is 647 g/mol. The van der Waals surface area contributed by atoms with Crippen LogP contribution in [0.1, 0.15) is 56.6 Å². The number of urea groups is 1. The van der Waals surface area contributed by atoms with Crippen molar-refractivity contribution in [2.24, 2.45) is 0 Å². The highest BCUT2D eigenvalue weighted by molar-refractivity contribution is 6.05. The second kappa shape index (κ2) is 17.3. The first-order valence-corrected chi connectivity index (χ1v) is 16.0. The van der Waals surface area contributed by atoms with Gasteiger partial charge in [0.05, 0.1) is 31.2 Å². The number of hydrogen-bond donors (Lipinski definition) is 3. The molecule has 1 aliphatic rings. The summed E-state index contributed by atoms with van der Waals surface area (Å²) < 4.78 is 16.4. The molecule has 0 spiro atoms. The highest BCUT2D eigenvalue weighted by Gasteiger charge is 2.19. The van der Waals surface area contributed by atoms with Crippen LogP contribution in [0.15, 0.2) is 66.9 Å². The van der Waals surface area contributed by atoms with E-state index >= 15 is 0 Å². The zero-order valence-corrected chi connectivity index (χ0v) is 27.7. The maximum Gasteiger partial charge on any atom is 0.412 e. The Balaban J connectivity index is 1.39. The van der Waals surface area contributed by atoms with Crippen LogP contribution in [-0.4, -0.2) is 84.4 Å². The number of para-hydroxylation sites is 2. The Hall–Kier alpha value is -4.68. The van der Waals surface area contributed by atoms with Gasteiger partial charge < -0.3 is 29.7 Å². The maximum atomic E-state index is 13.5. The van der Waals surface area contributed by atoms with Crippen LogP contribution in [0.2, 0.25) is 0 Å². The van der Waals surface area contributed by atoms with Gasteiger partial charge in [-0.05, 0) is 83.0 Å². The van der Waals surface area contributed by atoms with E-state index in [2.05, 4.69) is 25.8 Å². The van der Waals surface area contributed by atoms with Crippen LogP contribution in [0.4, 0.5) is 26.7 Å². The summed E-state index contributed by atoms with van der Waals surface area (Å²) in [4.78, 5) is 47.4. The number of unbranched alkanes of at least 4 members (excludes halogenated alkanes) is 1. The molecule has 0 radical (unpaired) electrons. The molecule has 3 N–H and O–H groups in total. The van der Waals surface area contributed by atoms with E-state index in [1.54, 1.807) is 74.3 Å². The highest BCUT2D eigenvalue weighted by atomic mass is 16.6. The molecule has 4 amide bonds. The molecule has 12 heteroatoms. The zero-order valence-electron chi connectivity index (χ0n) is 27.7. The van der Waals surface area contributed by atoms with E-state index in [0.717, 1.165) is 51.3 Å². The molecular formula is C35H46N6O6. The van der Waals surface area contributed by atoms with Crippen LogP contribution in [0.5, 0.6) is 5.75 Å². The number of nitrogens with one attached hydrogen (secondary N) is 3. The summed E-state index contributed by atoms with van der Waals surface area (Å²) in [5.74, 6) is 0.241. The van der Waals surface area contributed by atoms with Gasteiger partial charge in [-0.3, -0.25) is 20.0 Å². The second-order valence-corrected chi connectivity index (χ2v) is 12.2. The van der Waals surface area contributed by atoms with Crippen molar-refractivity contribution in [2.75, 3.05) is 62.0 Å². The minimum atomic E-state index is -0.665. The lowest BCUT2D eigenvalue weighted by Gasteiger charge is -2.27. The Morgan fingerprint density at radius 3 is 2.36 bits per heavy atom. The highest BCUT2D eigenvalue weighted by Crippen LogP contribution is 2.23. The molecule has 0 atom stereocenters. The SMILES string of the molecule is CCOc1cccc(NC(=O)N(CCCCN2CCOCC2)Cc2ccc(C(=O)Nc3ccccc3NC(=O)OC(C)(C)C)nc2)c1. The molecule has 0 saturated carbocycles. The van der Waals surface area contributed by atoms with Gasteiger partial charge in [-0.15, -0.1) is 0 Å². The summed E-state index contributed by atoms with van der Waals surface area (Å²) in [7, 11) is 0. The van der Waals surface area contributed by atoms with Crippen molar-refractivity contribution < 1.29 is 28.6 Å². The first kappa shape index (κ1) is 35.2. The monoisotopic (exact) mass is 646 g/mol. The molecule has 3 aromatic rings. The van der Waals surface area contributed by atoms with Gasteiger partial charge in [-0.2, -0.15) is 0 Å². The molecule has 1 saturated heterocycles. The predicted octanol–water partition coefficient (Wildman–Crippen LogP) is 6.23. The van der Waals surface area contributed by atoms with Crippen molar-refractivity contribution >= 4 is 35.1 Å². The van der Waals surface area contributed by atoms with Crippen LogP contribution < -0.4 is 20.7 Å². The number of carbonyl (C=O) groups is 3. The molecule has 0 unspecified atom stereocenters. The summed E-state index contributed by atoms with van der Waals surface area (Å²) in [6.45, 7) is 12.9. The zero-order chi connectivity index (χ0) is 33.6. The quantitative estimate of drug-likeness (QED) is 0.186. The van der Waals surface area contributed by atoms with Crippen LogP contribution >= 0.6 is 0 Å². The van der Waals surface area contributed by atoms with Crippen molar-refractivity contribution in [1.29, 1.82) is 0 Å². The Morgan fingerprint density at radius 1 is 0.936 bits per heavy atom. The third-order valence-corrected chi connectivity index (χ3v) is 7.18. The summed E-state index contributed by atoms with van der Waals surface area (Å²) in [6.07, 6.45) is 2.75. The lowest BCUT2D eigenvalue weighted by Crippen LogP contribution is -2.38. The molecule has 1 fully saturated rings. The van der Waals surface area contributed by atoms with E-state index in [9.17, 15) is 14.4 Å². The largest absolute Gasteiger partial charge is 0.494 e. The second-order valence-electron chi connectivity index (χ2n) is 12.2. The van der Waals surface area contributed by atoms with Crippen molar-refractivity contribution in [1.82, 2.24) is 14.8 Å². The van der Waals surface area contributed by atoms with Crippen LogP contribution in [0.3, 0.4) is 0 Å². The van der Waals surface area contributed by atoms with Gasteiger partial charge in [0.25, 0.3) is 5.91 Å². The van der Waals surface area contributed by atoms with Crippen molar-refractivity contribution in [3.63, 3.8) is 0 Å². The Morgan fingerprint density at radius 2 is 1.68 bits per heavy atom. The van der Waals surface area contributed by atoms with Gasteiger partial charge in [0.15, 0.2) is 0 Å². The average Bonchev–Trinajstić information content (AvgIpc) is 3.03. The molecule has 12 nitrogen and oxygen atoms in total. The van der Waals surface area contributed by atoms with Gasteiger partial charge in [0, 0.05) is 44.1 Å². The fourth-order valence-electron chi connectivity index (χ4n) is 4.92. The topological polar surface area (TPSA) is 134 Å². The lowest BCUT2D eigenvalue weighted by atomic mass is 10.2. The number of amides is 4. The number of ether oxygens (including phenoxy) is 3. The number of aromatic nitrogens is 1. The standard InChI is InChI=1S/C35H46N6O6/c1-5-46-28-12-10-11-27(23-28)37-33(43)41(18-9-8-17-40-19-21-45-22-20-40)25-26-15-16-31(36-24-26)32(42)38-29-13-6-7-14-30(29)39-34(44)47-35(2,3)4/h6-7,10-16,23-24H,5,8-9,17-22,25H2,1-4H3,(H,37,43)(H,38,42)(H,39,44). The molecule has 1 aliphatic heterocycles. The van der Waals surface area contributed by atoms with Crippen molar-refractivity contribution in [2.45, 2.75) is 52.7 Å². The number of pyridine rings is 1. The predicted molar refractivity (Wildman–Crippen MR) is 182 cm³/mol. The summed E-state index contributed by atoms with van der Waals surface area (Å²) in [5, 5.41) is 8.48. The van der Waals surface area contributed by atoms with Crippen molar-refractivity contribution in [3.8, 4) is 5.75 Å². The molecule has 252 valence electrons. The fourth-order valence-corrected chi connectivity index (χ4v) is 4.92. The molecule has 47 heavy (non-hydrogen) atoms. The number of anilines is 3. The fraction of sp³-hybridized carbons (Fsp3) is 0.429. The Bertz CT molecular complexity index is 1470. The lowest BCUT2D eigenvalue weighted by molar-refractivity contribution is 0.0370. The Labute approximate surface area is 276 Å². The first-order valence-electron chi connectivity index (χ1n) is 16.0. The number of rotatable bonds is 13. The van der Waals surface area contributed by atoms with Crippen LogP contribution in [-0.2, 0) is 16.0 Å². The molecule has 0 aliphatic carbocycles. The minimum Gasteiger partial charge on any atom is -0.494 e. The van der Waals surface area contributed by atoms with E-state index in [-0.39, 0.29) is 11.7 Å². The molecule has 2 aromatic carbocycles. The van der Waals surface area contributed by atoms with Gasteiger partial charge in [-0.25, -0.2) is 9.59 Å². The summed E-state index contributed by atoms with van der Waals surface area (Å²) >= 11 is 0. The third-order valence-electron chi connectivity index (χ3n) is 7.18. The van der Waals surface area contributed by atoms with E-state index in [0.29, 0.717) is 42.5 Å². The van der Waals surface area contributed by atoms with Crippen LogP contribution in [0.25, 0.3) is 0 Å². The molecule has 4 rings (SSSR count). The molecule has 0 bridgehead atoms. The van der Waals surface area contributed by atoms with E-state index in [1.165, 1.54) is 0 Å². The van der Waals surface area contributed by atoms with E-state index in [4.69, 9.17) is 14.2 Å². The minimum absolute atomic E-state index is 0.190. The Kier molecular flexibility index (Phi) is 12.9. The molecular weight excluding hydrogens is 600 g/mol. The summed E-state index contributed by atoms with van der Waals surface area (Å²) in [6, 6.07) is 17.3. The number of carbonyl (C=O) groups excluding carboxylic acids is 3. The first-order chi connectivity index (χ1) is 22.6. The van der Waals surface area contributed by atoms with Gasteiger partial charge in [0.1, 0.15) is 17.0 Å². The molecule has 1 aromatic heterocycles. The number of morpholine rings is 1. The third kappa shape index (κ3) is 11.9. The number of hydrogen-bond acceptors (Lipinski definition) is 8. The summed E-state index contributed by atoms with van der Waals surface area (Å²) in [5.41, 5.74) is 1.75. The van der Waals surface area contributed by atoms with Gasteiger partial charge in [0.2, 0.25) is 0 Å². The van der Waals surface area contributed by atoms with E-state index in [1.807, 2.05) is 25.1 Å². The normalized spacial score (nSPS) is 13.4. The maximum absolute atomic E-state index is 13.5. The van der Waals surface area contributed by atoms with Crippen molar-refractivity contribution in [3.05, 3.63) is 78.1 Å². The number of benzene rings is 2. The molecule has 2 heterocycles. The van der Waals surface area contributed by atoms with Crippen LogP contribution in [0, 0.1) is 0 Å². The van der Waals surface area contributed by atoms with E-state index < -0.39 is 17.6 Å². The van der Waals surface area contributed by atoms with Gasteiger partial charge in [-0.1, -0.05) is 24.3 Å².